The van der Waals surface area contributed by atoms with Crippen LogP contribution in [0.4, 0.5) is 23.2 Å². The van der Waals surface area contributed by atoms with Gasteiger partial charge in [0.25, 0.3) is 0 Å². The van der Waals surface area contributed by atoms with Crippen molar-refractivity contribution in [3.63, 3.8) is 0 Å². The van der Waals surface area contributed by atoms with Crippen LogP contribution in [0.2, 0.25) is 0 Å². The SMILES string of the molecule is CCOC(=O)C(NC(C)=O)(Nc1ccccc1F)C(F)(F)F. The van der Waals surface area contributed by atoms with Gasteiger partial charge in [-0.1, -0.05) is 12.1 Å². The number of esters is 1. The van der Waals surface area contributed by atoms with E-state index < -0.39 is 35.2 Å². The number of ether oxygens (including phenoxy) is 1. The third-order valence-electron chi connectivity index (χ3n) is 2.57. The highest BCUT2D eigenvalue weighted by Gasteiger charge is 2.63. The minimum absolute atomic E-state index is 0.352. The summed E-state index contributed by atoms with van der Waals surface area (Å²) in [6.45, 7) is 1.74. The van der Waals surface area contributed by atoms with Gasteiger partial charge in [0.1, 0.15) is 5.82 Å². The molecule has 5 nitrogen and oxygen atoms in total. The van der Waals surface area contributed by atoms with Crippen LogP contribution in [0.15, 0.2) is 24.3 Å². The van der Waals surface area contributed by atoms with Gasteiger partial charge in [0.15, 0.2) is 0 Å². The van der Waals surface area contributed by atoms with E-state index in [0.717, 1.165) is 19.1 Å². The van der Waals surface area contributed by atoms with Gasteiger partial charge in [-0.2, -0.15) is 13.2 Å². The molecule has 0 heterocycles. The molecule has 0 spiro atoms. The van der Waals surface area contributed by atoms with E-state index in [1.807, 2.05) is 0 Å². The Kier molecular flexibility index (Phi) is 5.34. The number of carbonyl (C=O) groups is 2. The highest BCUT2D eigenvalue weighted by molar-refractivity contribution is 5.90. The average molecular weight is 322 g/mol. The molecule has 1 atom stereocenters. The van der Waals surface area contributed by atoms with E-state index in [0.29, 0.717) is 0 Å². The van der Waals surface area contributed by atoms with E-state index >= 15 is 0 Å². The van der Waals surface area contributed by atoms with Crippen LogP contribution in [0.25, 0.3) is 0 Å². The maximum absolute atomic E-state index is 13.6. The van der Waals surface area contributed by atoms with Gasteiger partial charge in [-0.05, 0) is 19.1 Å². The van der Waals surface area contributed by atoms with Crippen LogP contribution >= 0.6 is 0 Å². The minimum Gasteiger partial charge on any atom is -0.463 e. The molecule has 1 aromatic rings. The quantitative estimate of drug-likeness (QED) is 0.495. The Morgan fingerprint density at radius 3 is 2.27 bits per heavy atom. The topological polar surface area (TPSA) is 67.4 Å². The van der Waals surface area contributed by atoms with E-state index in [2.05, 4.69) is 4.74 Å². The van der Waals surface area contributed by atoms with E-state index in [1.54, 1.807) is 5.32 Å². The first kappa shape index (κ1) is 17.7. The van der Waals surface area contributed by atoms with Crippen LogP contribution in [0.3, 0.4) is 0 Å². The molecule has 22 heavy (non-hydrogen) atoms. The lowest BCUT2D eigenvalue weighted by atomic mass is 10.1. The first-order valence-electron chi connectivity index (χ1n) is 6.19. The summed E-state index contributed by atoms with van der Waals surface area (Å²) in [5.41, 5.74) is -4.20. The van der Waals surface area contributed by atoms with Gasteiger partial charge in [0.2, 0.25) is 5.91 Å². The summed E-state index contributed by atoms with van der Waals surface area (Å²) in [7, 11) is 0. The average Bonchev–Trinajstić information content (AvgIpc) is 2.38. The van der Waals surface area contributed by atoms with Crippen LogP contribution in [0.1, 0.15) is 13.8 Å². The summed E-state index contributed by atoms with van der Waals surface area (Å²) >= 11 is 0. The Morgan fingerprint density at radius 1 is 1.23 bits per heavy atom. The van der Waals surface area contributed by atoms with Crippen molar-refractivity contribution in [2.45, 2.75) is 25.7 Å². The van der Waals surface area contributed by atoms with Crippen molar-refractivity contribution < 1.29 is 31.9 Å². The highest BCUT2D eigenvalue weighted by atomic mass is 19.4. The Morgan fingerprint density at radius 2 is 1.82 bits per heavy atom. The van der Waals surface area contributed by atoms with Gasteiger partial charge < -0.3 is 15.4 Å². The summed E-state index contributed by atoms with van der Waals surface area (Å²) in [4.78, 5) is 23.0. The van der Waals surface area contributed by atoms with E-state index in [-0.39, 0.29) is 6.61 Å². The monoisotopic (exact) mass is 322 g/mol. The lowest BCUT2D eigenvalue weighted by Crippen LogP contribution is -2.69. The molecule has 9 heteroatoms. The molecule has 0 saturated heterocycles. The molecule has 0 radical (unpaired) electrons. The number of hydrogen-bond donors (Lipinski definition) is 2. The van der Waals surface area contributed by atoms with Gasteiger partial charge in [-0.15, -0.1) is 0 Å². The zero-order valence-corrected chi connectivity index (χ0v) is 11.8. The first-order valence-corrected chi connectivity index (χ1v) is 6.19. The Balaban J connectivity index is 3.38. The number of rotatable bonds is 5. The van der Waals surface area contributed by atoms with Crippen LogP contribution in [-0.4, -0.2) is 30.3 Å². The van der Waals surface area contributed by atoms with Gasteiger partial charge in [-0.3, -0.25) is 4.79 Å². The number of anilines is 1. The zero-order valence-electron chi connectivity index (χ0n) is 11.8. The number of alkyl halides is 3. The second-order valence-corrected chi connectivity index (χ2v) is 4.25. The van der Waals surface area contributed by atoms with Crippen LogP contribution in [0, 0.1) is 5.82 Å². The number of nitrogens with one attached hydrogen (secondary N) is 2. The Hall–Kier alpha value is -2.32. The number of para-hydroxylation sites is 1. The summed E-state index contributed by atoms with van der Waals surface area (Å²) in [6, 6.07) is 4.43. The maximum Gasteiger partial charge on any atom is 0.441 e. The standard InChI is InChI=1S/C13H14F4N2O3/c1-3-22-11(21)12(13(15,16)17,18-8(2)20)19-10-7-5-4-6-9(10)14/h4-7,19H,3H2,1-2H3,(H,18,20). The van der Waals surface area contributed by atoms with Crippen molar-refractivity contribution >= 4 is 17.6 Å². The predicted octanol–water partition coefficient (Wildman–Crippen LogP) is 2.20. The van der Waals surface area contributed by atoms with Crippen molar-refractivity contribution in [3.05, 3.63) is 30.1 Å². The van der Waals surface area contributed by atoms with Crippen LogP contribution < -0.4 is 10.6 Å². The summed E-state index contributed by atoms with van der Waals surface area (Å²) in [6.07, 6.45) is -5.27. The molecule has 0 aliphatic rings. The van der Waals surface area contributed by atoms with Crippen molar-refractivity contribution in [3.8, 4) is 0 Å². The van der Waals surface area contributed by atoms with Crippen LogP contribution in [0.5, 0.6) is 0 Å². The molecular formula is C13H14F4N2O3. The number of benzene rings is 1. The summed E-state index contributed by atoms with van der Waals surface area (Å²) < 4.78 is 58.3. The molecule has 0 saturated carbocycles. The first-order chi connectivity index (χ1) is 10.1. The van der Waals surface area contributed by atoms with Crippen molar-refractivity contribution in [2.24, 2.45) is 0 Å². The molecule has 1 rings (SSSR count). The highest BCUT2D eigenvalue weighted by Crippen LogP contribution is 2.33. The van der Waals surface area contributed by atoms with Crippen LogP contribution in [-0.2, 0) is 14.3 Å². The second kappa shape index (κ2) is 6.63. The van der Waals surface area contributed by atoms with Gasteiger partial charge in [0, 0.05) is 6.92 Å². The molecule has 1 amide bonds. The molecule has 0 bridgehead atoms. The zero-order chi connectivity index (χ0) is 17.0. The number of hydrogen-bond acceptors (Lipinski definition) is 4. The van der Waals surface area contributed by atoms with Gasteiger partial charge >= 0.3 is 17.8 Å². The lowest BCUT2D eigenvalue weighted by Gasteiger charge is -2.35. The normalized spacial score (nSPS) is 13.9. The third-order valence-corrected chi connectivity index (χ3v) is 2.57. The molecular weight excluding hydrogens is 308 g/mol. The fourth-order valence-electron chi connectivity index (χ4n) is 1.66. The van der Waals surface area contributed by atoms with Crippen molar-refractivity contribution in [1.82, 2.24) is 5.32 Å². The summed E-state index contributed by atoms with van der Waals surface area (Å²) in [5.74, 6) is -3.96. The molecule has 0 fully saturated rings. The molecule has 0 aliphatic heterocycles. The fourth-order valence-corrected chi connectivity index (χ4v) is 1.66. The number of carbonyl (C=O) groups excluding carboxylic acids is 2. The van der Waals surface area contributed by atoms with Gasteiger partial charge in [0.05, 0.1) is 12.3 Å². The van der Waals surface area contributed by atoms with E-state index in [1.165, 1.54) is 24.4 Å². The lowest BCUT2D eigenvalue weighted by molar-refractivity contribution is -0.207. The minimum atomic E-state index is -5.27. The Labute approximate surface area is 123 Å². The number of amides is 1. The van der Waals surface area contributed by atoms with E-state index in [4.69, 9.17) is 0 Å². The van der Waals surface area contributed by atoms with Crippen molar-refractivity contribution in [2.75, 3.05) is 11.9 Å². The van der Waals surface area contributed by atoms with E-state index in [9.17, 15) is 27.2 Å². The molecule has 2 N–H and O–H groups in total. The number of halogens is 4. The third kappa shape index (κ3) is 3.66. The predicted molar refractivity (Wildman–Crippen MR) is 69.3 cm³/mol. The molecule has 122 valence electrons. The van der Waals surface area contributed by atoms with Crippen molar-refractivity contribution in [1.29, 1.82) is 0 Å². The molecule has 1 unspecified atom stereocenters. The molecule has 0 aromatic heterocycles. The molecule has 1 aromatic carbocycles. The van der Waals surface area contributed by atoms with Gasteiger partial charge in [-0.25, -0.2) is 9.18 Å². The second-order valence-electron chi connectivity index (χ2n) is 4.25. The molecule has 0 aliphatic carbocycles. The fraction of sp³-hybridized carbons (Fsp3) is 0.385. The summed E-state index contributed by atoms with van der Waals surface area (Å²) in [5, 5.41) is 3.19. The maximum atomic E-state index is 13.6. The largest absolute Gasteiger partial charge is 0.463 e. The smallest absolute Gasteiger partial charge is 0.441 e. The Bertz CT molecular complexity index is 562.